The molecule has 6 heteroatoms. The van der Waals surface area contributed by atoms with Crippen LogP contribution >= 0.6 is 0 Å². The van der Waals surface area contributed by atoms with Crippen molar-refractivity contribution in [3.63, 3.8) is 0 Å². The van der Waals surface area contributed by atoms with E-state index < -0.39 is 11.5 Å². The van der Waals surface area contributed by atoms with Gasteiger partial charge in [-0.05, 0) is 30.9 Å². The maximum absolute atomic E-state index is 11.7. The van der Waals surface area contributed by atoms with Crippen molar-refractivity contribution in [1.82, 2.24) is 9.97 Å². The normalized spacial score (nSPS) is 13.9. The van der Waals surface area contributed by atoms with Gasteiger partial charge >= 0.3 is 5.97 Å². The highest BCUT2D eigenvalue weighted by molar-refractivity contribution is 5.86. The predicted octanol–water partition coefficient (Wildman–Crippen LogP) is 1.92. The van der Waals surface area contributed by atoms with Crippen LogP contribution in [0.2, 0.25) is 0 Å². The van der Waals surface area contributed by atoms with Crippen LogP contribution in [-0.2, 0) is 0 Å². The summed E-state index contributed by atoms with van der Waals surface area (Å²) in [6.45, 7) is 0.647. The number of H-pyrrole nitrogens is 1. The molecule has 3 rings (SSSR count). The second-order valence-electron chi connectivity index (χ2n) is 5.03. The highest BCUT2D eigenvalue weighted by Gasteiger charge is 2.22. The number of benzene rings is 1. The molecule has 1 aromatic carbocycles. The average molecular weight is 286 g/mol. The third kappa shape index (κ3) is 2.94. The highest BCUT2D eigenvalue weighted by Crippen LogP contribution is 2.32. The molecule has 1 heterocycles. The quantitative estimate of drug-likeness (QED) is 0.876. The molecule has 0 atom stereocenters. The van der Waals surface area contributed by atoms with E-state index in [0.29, 0.717) is 29.7 Å². The minimum Gasteiger partial charge on any atom is -0.493 e. The molecule has 0 unspecified atom stereocenters. The van der Waals surface area contributed by atoms with Crippen molar-refractivity contribution in [3.05, 3.63) is 46.4 Å². The molecule has 6 nitrogen and oxygen atoms in total. The second kappa shape index (κ2) is 5.40. The van der Waals surface area contributed by atoms with Crippen LogP contribution in [0.4, 0.5) is 0 Å². The van der Waals surface area contributed by atoms with Gasteiger partial charge in [-0.25, -0.2) is 9.78 Å². The summed E-state index contributed by atoms with van der Waals surface area (Å²) in [6.07, 6.45) is 3.43. The fraction of sp³-hybridized carbons (Fsp3) is 0.267. The van der Waals surface area contributed by atoms with Crippen molar-refractivity contribution in [3.8, 4) is 17.1 Å². The van der Waals surface area contributed by atoms with E-state index in [1.807, 2.05) is 18.2 Å². The van der Waals surface area contributed by atoms with E-state index in [1.54, 1.807) is 6.07 Å². The Labute approximate surface area is 120 Å². The number of hydrogen-bond acceptors (Lipinski definition) is 4. The first-order chi connectivity index (χ1) is 10.1. The molecule has 1 aromatic heterocycles. The van der Waals surface area contributed by atoms with Gasteiger partial charge in [0.2, 0.25) is 0 Å². The molecule has 108 valence electrons. The summed E-state index contributed by atoms with van der Waals surface area (Å²) in [5.41, 5.74) is -0.410. The third-order valence-electron chi connectivity index (χ3n) is 3.34. The minimum atomic E-state index is -1.30. The molecular formula is C15H14N2O4. The lowest BCUT2D eigenvalue weighted by Gasteiger charge is -2.10. The monoisotopic (exact) mass is 286 g/mol. The lowest BCUT2D eigenvalue weighted by molar-refractivity contribution is 0.0694. The first kappa shape index (κ1) is 13.4. The number of carboxylic acids is 1. The van der Waals surface area contributed by atoms with Gasteiger partial charge in [-0.15, -0.1) is 0 Å². The number of carbonyl (C=O) groups is 1. The number of ether oxygens (including phenoxy) is 1. The molecule has 0 radical (unpaired) electrons. The molecule has 0 bridgehead atoms. The summed E-state index contributed by atoms with van der Waals surface area (Å²) in [5.74, 6) is 0.250. The van der Waals surface area contributed by atoms with Crippen LogP contribution in [0, 0.1) is 5.92 Å². The van der Waals surface area contributed by atoms with Crippen LogP contribution in [0.5, 0.6) is 5.75 Å². The van der Waals surface area contributed by atoms with E-state index >= 15 is 0 Å². The summed E-state index contributed by atoms with van der Waals surface area (Å²) in [7, 11) is 0. The Morgan fingerprint density at radius 2 is 2.14 bits per heavy atom. The van der Waals surface area contributed by atoms with Gasteiger partial charge in [0.25, 0.3) is 5.56 Å². The van der Waals surface area contributed by atoms with Crippen LogP contribution in [0.3, 0.4) is 0 Å². The van der Waals surface area contributed by atoms with Gasteiger partial charge in [-0.3, -0.25) is 4.79 Å². The molecule has 0 amide bonds. The number of aromatic nitrogens is 2. The first-order valence-corrected chi connectivity index (χ1v) is 6.70. The first-order valence-electron chi connectivity index (χ1n) is 6.70. The fourth-order valence-corrected chi connectivity index (χ4v) is 1.96. The average Bonchev–Trinajstić information content (AvgIpc) is 3.29. The van der Waals surface area contributed by atoms with Crippen molar-refractivity contribution in [1.29, 1.82) is 0 Å². The fourth-order valence-electron chi connectivity index (χ4n) is 1.96. The zero-order valence-electron chi connectivity index (χ0n) is 11.2. The summed E-state index contributed by atoms with van der Waals surface area (Å²) >= 11 is 0. The minimum absolute atomic E-state index is 0.302. The Bertz CT molecular complexity index is 734. The summed E-state index contributed by atoms with van der Waals surface area (Å²) < 4.78 is 5.75. The number of nitrogens with one attached hydrogen (secondary N) is 1. The molecule has 0 spiro atoms. The molecule has 0 aliphatic heterocycles. The number of hydrogen-bond donors (Lipinski definition) is 2. The topological polar surface area (TPSA) is 92.3 Å². The number of carboxylic acid groups (broad SMARTS) is 1. The van der Waals surface area contributed by atoms with Crippen LogP contribution in [0.1, 0.15) is 23.2 Å². The molecule has 0 saturated heterocycles. The Balaban J connectivity index is 1.93. The molecule has 2 aromatic rings. The van der Waals surface area contributed by atoms with Crippen molar-refractivity contribution in [2.45, 2.75) is 12.8 Å². The molecular weight excluding hydrogens is 272 g/mol. The maximum Gasteiger partial charge on any atom is 0.342 e. The van der Waals surface area contributed by atoms with Gasteiger partial charge in [-0.1, -0.05) is 12.1 Å². The maximum atomic E-state index is 11.7. The molecule has 2 N–H and O–H groups in total. The number of nitrogens with zero attached hydrogens (tertiary/aromatic N) is 1. The van der Waals surface area contributed by atoms with Crippen molar-refractivity contribution >= 4 is 5.97 Å². The van der Waals surface area contributed by atoms with Gasteiger partial charge < -0.3 is 14.8 Å². The highest BCUT2D eigenvalue weighted by atomic mass is 16.5. The molecule has 1 aliphatic rings. The van der Waals surface area contributed by atoms with E-state index in [1.165, 1.54) is 12.8 Å². The smallest absolute Gasteiger partial charge is 0.342 e. The van der Waals surface area contributed by atoms with Gasteiger partial charge in [0.05, 0.1) is 12.2 Å². The SMILES string of the molecule is O=C(O)c1cnc(-c2ccccc2OCC2CC2)[nH]c1=O. The van der Waals surface area contributed by atoms with Crippen molar-refractivity contribution < 1.29 is 14.6 Å². The third-order valence-corrected chi connectivity index (χ3v) is 3.34. The van der Waals surface area contributed by atoms with E-state index in [-0.39, 0.29) is 5.56 Å². The van der Waals surface area contributed by atoms with Crippen molar-refractivity contribution in [2.75, 3.05) is 6.61 Å². The van der Waals surface area contributed by atoms with Gasteiger partial charge in [0.1, 0.15) is 17.1 Å². The number of rotatable bonds is 5. The number of aromatic carboxylic acids is 1. The number of aromatic amines is 1. The Morgan fingerprint density at radius 1 is 1.38 bits per heavy atom. The van der Waals surface area contributed by atoms with Gasteiger partial charge in [0.15, 0.2) is 0 Å². The second-order valence-corrected chi connectivity index (χ2v) is 5.03. The number of para-hydroxylation sites is 1. The summed E-state index contributed by atoms with van der Waals surface area (Å²) in [5, 5.41) is 8.85. The van der Waals surface area contributed by atoms with Crippen LogP contribution in [0.15, 0.2) is 35.3 Å². The Morgan fingerprint density at radius 3 is 2.81 bits per heavy atom. The predicted molar refractivity (Wildman–Crippen MR) is 75.5 cm³/mol. The lowest BCUT2D eigenvalue weighted by atomic mass is 10.2. The van der Waals surface area contributed by atoms with E-state index in [2.05, 4.69) is 9.97 Å². The standard InChI is InChI=1S/C15H14N2O4/c18-14-11(15(19)20)7-16-13(17-14)10-3-1-2-4-12(10)21-8-9-5-6-9/h1-4,7,9H,5-6,8H2,(H,19,20)(H,16,17,18). The van der Waals surface area contributed by atoms with Crippen LogP contribution in [0.25, 0.3) is 11.4 Å². The molecule has 1 fully saturated rings. The lowest BCUT2D eigenvalue weighted by Crippen LogP contribution is -2.18. The molecule has 21 heavy (non-hydrogen) atoms. The van der Waals surface area contributed by atoms with Gasteiger partial charge in [-0.2, -0.15) is 0 Å². The molecule has 1 saturated carbocycles. The summed E-state index contributed by atoms with van der Waals surface area (Å²) in [4.78, 5) is 29.1. The van der Waals surface area contributed by atoms with Crippen LogP contribution < -0.4 is 10.3 Å². The Hall–Kier alpha value is -2.63. The summed E-state index contributed by atoms with van der Waals surface area (Å²) in [6, 6.07) is 7.24. The zero-order chi connectivity index (χ0) is 14.8. The van der Waals surface area contributed by atoms with E-state index in [0.717, 1.165) is 6.20 Å². The van der Waals surface area contributed by atoms with E-state index in [9.17, 15) is 9.59 Å². The Kier molecular flexibility index (Phi) is 3.43. The van der Waals surface area contributed by atoms with Crippen LogP contribution in [-0.4, -0.2) is 27.7 Å². The van der Waals surface area contributed by atoms with E-state index in [4.69, 9.17) is 9.84 Å². The largest absolute Gasteiger partial charge is 0.493 e. The van der Waals surface area contributed by atoms with Gasteiger partial charge in [0, 0.05) is 6.20 Å². The van der Waals surface area contributed by atoms with Crippen molar-refractivity contribution in [2.24, 2.45) is 5.92 Å². The zero-order valence-corrected chi connectivity index (χ0v) is 11.2. The molecule has 1 aliphatic carbocycles.